The van der Waals surface area contributed by atoms with Crippen molar-refractivity contribution in [2.24, 2.45) is 0 Å². The number of methoxy groups -OCH3 is 1. The molecule has 1 aliphatic carbocycles. The van der Waals surface area contributed by atoms with Gasteiger partial charge in [0.25, 0.3) is 0 Å². The SMILES string of the molecule is C=CC(=O)NC1CC(Oc2cc3c(Nc4ccc(F)c(C#N)c4)ncnc3cc2OC)C1. The minimum absolute atomic E-state index is 0.0466. The van der Waals surface area contributed by atoms with Crippen molar-refractivity contribution in [3.63, 3.8) is 0 Å². The summed E-state index contributed by atoms with van der Waals surface area (Å²) < 4.78 is 25.2. The number of amides is 1. The van der Waals surface area contributed by atoms with Gasteiger partial charge in [-0.2, -0.15) is 5.26 Å². The molecule has 2 aromatic carbocycles. The Kier molecular flexibility index (Phi) is 5.85. The molecule has 1 saturated carbocycles. The maximum Gasteiger partial charge on any atom is 0.243 e. The van der Waals surface area contributed by atoms with Gasteiger partial charge in [0, 0.05) is 36.0 Å². The van der Waals surface area contributed by atoms with Crippen molar-refractivity contribution in [3.8, 4) is 17.6 Å². The lowest BCUT2D eigenvalue weighted by atomic mass is 9.89. The van der Waals surface area contributed by atoms with E-state index in [-0.39, 0.29) is 23.6 Å². The molecule has 0 aliphatic heterocycles. The number of carbonyl (C=O) groups is 1. The van der Waals surface area contributed by atoms with Gasteiger partial charge >= 0.3 is 0 Å². The van der Waals surface area contributed by atoms with Crippen LogP contribution in [0.4, 0.5) is 15.9 Å². The van der Waals surface area contributed by atoms with Crippen LogP contribution >= 0.6 is 0 Å². The van der Waals surface area contributed by atoms with Crippen molar-refractivity contribution in [1.82, 2.24) is 15.3 Å². The normalized spacial score (nSPS) is 17.0. The van der Waals surface area contributed by atoms with Crippen molar-refractivity contribution < 1.29 is 18.7 Å². The number of nitrogens with zero attached hydrogens (tertiary/aromatic N) is 3. The molecule has 1 aliphatic rings. The van der Waals surface area contributed by atoms with Crippen LogP contribution < -0.4 is 20.1 Å². The molecule has 0 atom stereocenters. The maximum absolute atomic E-state index is 13.6. The third-order valence-corrected chi connectivity index (χ3v) is 5.19. The van der Waals surface area contributed by atoms with Crippen LogP contribution in [0, 0.1) is 17.1 Å². The third kappa shape index (κ3) is 4.30. The van der Waals surface area contributed by atoms with Gasteiger partial charge in [-0.05, 0) is 30.3 Å². The van der Waals surface area contributed by atoms with Gasteiger partial charge in [-0.1, -0.05) is 6.58 Å². The van der Waals surface area contributed by atoms with E-state index >= 15 is 0 Å². The van der Waals surface area contributed by atoms with Crippen molar-refractivity contribution in [3.05, 3.63) is 60.7 Å². The lowest BCUT2D eigenvalue weighted by molar-refractivity contribution is -0.118. The Morgan fingerprint density at radius 2 is 2.09 bits per heavy atom. The van der Waals surface area contributed by atoms with E-state index in [1.165, 1.54) is 30.6 Å². The molecular weight excluding hydrogens is 413 g/mol. The van der Waals surface area contributed by atoms with Crippen molar-refractivity contribution in [2.75, 3.05) is 12.4 Å². The zero-order valence-corrected chi connectivity index (χ0v) is 17.3. The second kappa shape index (κ2) is 8.89. The highest BCUT2D eigenvalue weighted by molar-refractivity contribution is 5.93. The summed E-state index contributed by atoms with van der Waals surface area (Å²) in [6.45, 7) is 3.45. The van der Waals surface area contributed by atoms with Gasteiger partial charge < -0.3 is 20.1 Å². The summed E-state index contributed by atoms with van der Waals surface area (Å²) in [5.74, 6) is 0.726. The van der Waals surface area contributed by atoms with Crippen LogP contribution in [0.25, 0.3) is 10.9 Å². The van der Waals surface area contributed by atoms with Gasteiger partial charge in [-0.25, -0.2) is 14.4 Å². The Labute approximate surface area is 183 Å². The first kappa shape index (κ1) is 21.1. The molecule has 0 unspecified atom stereocenters. The lowest BCUT2D eigenvalue weighted by Gasteiger charge is -2.35. The molecule has 0 spiro atoms. The molecule has 32 heavy (non-hydrogen) atoms. The number of rotatable bonds is 7. The van der Waals surface area contributed by atoms with Crippen LogP contribution in [-0.4, -0.2) is 35.1 Å². The molecule has 0 bridgehead atoms. The van der Waals surface area contributed by atoms with Gasteiger partial charge in [-0.15, -0.1) is 0 Å². The molecule has 1 fully saturated rings. The number of fused-ring (bicyclic) bond motifs is 1. The number of nitriles is 1. The fraction of sp³-hybridized carbons (Fsp3) is 0.217. The quantitative estimate of drug-likeness (QED) is 0.548. The molecule has 0 saturated heterocycles. The van der Waals surface area contributed by atoms with Crippen LogP contribution in [0.5, 0.6) is 11.5 Å². The zero-order chi connectivity index (χ0) is 22.7. The minimum atomic E-state index is -0.589. The molecule has 4 rings (SSSR count). The number of benzene rings is 2. The number of carbonyl (C=O) groups excluding carboxylic acids is 1. The highest BCUT2D eigenvalue weighted by Crippen LogP contribution is 2.37. The molecule has 8 nitrogen and oxygen atoms in total. The summed E-state index contributed by atoms with van der Waals surface area (Å²) in [5, 5.41) is 15.7. The molecule has 2 N–H and O–H groups in total. The molecule has 0 radical (unpaired) electrons. The summed E-state index contributed by atoms with van der Waals surface area (Å²) in [4.78, 5) is 20.0. The van der Waals surface area contributed by atoms with Crippen molar-refractivity contribution >= 4 is 28.3 Å². The molecule has 162 valence electrons. The first-order valence-corrected chi connectivity index (χ1v) is 9.89. The maximum atomic E-state index is 13.6. The van der Waals surface area contributed by atoms with E-state index in [0.29, 0.717) is 46.7 Å². The van der Waals surface area contributed by atoms with Crippen LogP contribution in [0.3, 0.4) is 0 Å². The summed E-state index contributed by atoms with van der Waals surface area (Å²) in [5.41, 5.74) is 1.07. The predicted molar refractivity (Wildman–Crippen MR) is 116 cm³/mol. The Bertz CT molecular complexity index is 1230. The van der Waals surface area contributed by atoms with E-state index in [4.69, 9.17) is 14.7 Å². The highest BCUT2D eigenvalue weighted by Gasteiger charge is 2.32. The number of nitrogens with one attached hydrogen (secondary N) is 2. The van der Waals surface area contributed by atoms with Gasteiger partial charge in [0.05, 0.1) is 18.2 Å². The van der Waals surface area contributed by atoms with Gasteiger partial charge in [0.1, 0.15) is 30.1 Å². The van der Waals surface area contributed by atoms with Crippen LogP contribution in [0.2, 0.25) is 0 Å². The Balaban J connectivity index is 1.59. The predicted octanol–water partition coefficient (Wildman–Crippen LogP) is 3.60. The van der Waals surface area contributed by atoms with Crippen LogP contribution in [0.1, 0.15) is 18.4 Å². The zero-order valence-electron chi connectivity index (χ0n) is 17.3. The average Bonchev–Trinajstić information content (AvgIpc) is 2.78. The monoisotopic (exact) mass is 433 g/mol. The largest absolute Gasteiger partial charge is 0.493 e. The van der Waals surface area contributed by atoms with Crippen molar-refractivity contribution in [2.45, 2.75) is 25.0 Å². The molecule has 9 heteroatoms. The molecule has 1 aromatic heterocycles. The Hall–Kier alpha value is -4.19. The molecule has 3 aromatic rings. The minimum Gasteiger partial charge on any atom is -0.493 e. The summed E-state index contributed by atoms with van der Waals surface area (Å²) in [7, 11) is 1.55. The van der Waals surface area contributed by atoms with E-state index in [0.717, 1.165) is 0 Å². The first-order chi connectivity index (χ1) is 15.5. The smallest absolute Gasteiger partial charge is 0.243 e. The van der Waals surface area contributed by atoms with Gasteiger partial charge in [0.15, 0.2) is 11.5 Å². The number of halogens is 1. The number of anilines is 2. The van der Waals surface area contributed by atoms with Gasteiger partial charge in [0.2, 0.25) is 5.91 Å². The number of aromatic nitrogens is 2. The fourth-order valence-electron chi connectivity index (χ4n) is 3.46. The standard InChI is InChI=1S/C23H20FN5O3/c1-3-22(30)28-15-7-16(8-15)32-21-9-17-19(10-20(21)31-2)26-12-27-23(17)29-14-4-5-18(24)13(6-14)11-25/h3-6,9-10,12,15-16H,1,7-8H2,2H3,(H,28,30)(H,26,27,29). The number of hydrogen-bond donors (Lipinski definition) is 2. The summed E-state index contributed by atoms with van der Waals surface area (Å²) in [6.07, 6.45) is 3.91. The lowest BCUT2D eigenvalue weighted by Crippen LogP contribution is -2.48. The van der Waals surface area contributed by atoms with Gasteiger partial charge in [-0.3, -0.25) is 4.79 Å². The second-order valence-corrected chi connectivity index (χ2v) is 7.29. The van der Waals surface area contributed by atoms with E-state index in [1.54, 1.807) is 19.2 Å². The van der Waals surface area contributed by atoms with E-state index in [2.05, 4.69) is 27.2 Å². The molecule has 1 heterocycles. The topological polar surface area (TPSA) is 109 Å². The average molecular weight is 433 g/mol. The second-order valence-electron chi connectivity index (χ2n) is 7.29. The van der Waals surface area contributed by atoms with Crippen LogP contribution in [-0.2, 0) is 4.79 Å². The third-order valence-electron chi connectivity index (χ3n) is 5.19. The molecule has 1 amide bonds. The number of hydrogen-bond acceptors (Lipinski definition) is 7. The van der Waals surface area contributed by atoms with E-state index in [1.807, 2.05) is 6.07 Å². The van der Waals surface area contributed by atoms with Crippen LogP contribution in [0.15, 0.2) is 49.3 Å². The Morgan fingerprint density at radius 3 is 2.81 bits per heavy atom. The first-order valence-electron chi connectivity index (χ1n) is 9.89. The fourth-order valence-corrected chi connectivity index (χ4v) is 3.46. The summed E-state index contributed by atoms with van der Waals surface area (Å²) >= 11 is 0. The Morgan fingerprint density at radius 1 is 1.28 bits per heavy atom. The van der Waals surface area contributed by atoms with E-state index < -0.39 is 5.82 Å². The molecular formula is C23H20FN5O3. The van der Waals surface area contributed by atoms with E-state index in [9.17, 15) is 9.18 Å². The highest BCUT2D eigenvalue weighted by atomic mass is 19.1. The number of ether oxygens (including phenoxy) is 2. The summed E-state index contributed by atoms with van der Waals surface area (Å²) in [6, 6.07) is 9.55. The van der Waals surface area contributed by atoms with Crippen molar-refractivity contribution in [1.29, 1.82) is 5.26 Å².